The molecule has 0 spiro atoms. The van der Waals surface area contributed by atoms with Crippen LogP contribution >= 0.6 is 0 Å². The Morgan fingerprint density at radius 3 is 2.57 bits per heavy atom. The molecule has 2 heteroatoms. The van der Waals surface area contributed by atoms with Crippen LogP contribution < -0.4 is 5.73 Å². The van der Waals surface area contributed by atoms with Crippen molar-refractivity contribution in [1.29, 1.82) is 0 Å². The third-order valence-electron chi connectivity index (χ3n) is 4.96. The van der Waals surface area contributed by atoms with Crippen LogP contribution in [0.25, 0.3) is 10.8 Å². The molecule has 0 aliphatic heterocycles. The molecule has 3 rings (SSSR count). The Hall–Kier alpha value is -1.38. The van der Waals surface area contributed by atoms with Crippen molar-refractivity contribution in [3.8, 4) is 0 Å². The molecule has 0 bridgehead atoms. The molecule has 1 fully saturated rings. The van der Waals surface area contributed by atoms with Gasteiger partial charge in [-0.05, 0) is 42.1 Å². The second kappa shape index (κ2) is 6.59. The zero-order valence-electron chi connectivity index (χ0n) is 13.0. The molecule has 1 aliphatic carbocycles. The zero-order valence-corrected chi connectivity index (χ0v) is 13.0. The molecule has 0 aromatic heterocycles. The van der Waals surface area contributed by atoms with Gasteiger partial charge in [-0.3, -0.25) is 4.90 Å². The Labute approximate surface area is 127 Å². The summed E-state index contributed by atoms with van der Waals surface area (Å²) in [5, 5.41) is 2.65. The van der Waals surface area contributed by atoms with Crippen LogP contribution in [0, 0.1) is 5.92 Å². The quantitative estimate of drug-likeness (QED) is 0.899. The minimum atomic E-state index is 0.316. The van der Waals surface area contributed by atoms with Gasteiger partial charge in [0.05, 0.1) is 0 Å². The SMILES string of the molecule is CN(CC1CCCC1)C(CN)c1cccc2ccccc12. The fraction of sp³-hybridized carbons (Fsp3) is 0.474. The number of hydrogen-bond donors (Lipinski definition) is 1. The van der Waals surface area contributed by atoms with Gasteiger partial charge in [-0.15, -0.1) is 0 Å². The predicted octanol–water partition coefficient (Wildman–Crippen LogP) is 3.96. The molecule has 0 heterocycles. The Morgan fingerprint density at radius 2 is 1.81 bits per heavy atom. The Bertz CT molecular complexity index is 582. The number of rotatable bonds is 5. The van der Waals surface area contributed by atoms with Gasteiger partial charge in [0.2, 0.25) is 0 Å². The molecule has 112 valence electrons. The number of likely N-dealkylation sites (N-methyl/N-ethyl adjacent to an activating group) is 1. The highest BCUT2D eigenvalue weighted by atomic mass is 15.1. The summed E-state index contributed by atoms with van der Waals surface area (Å²) in [6.45, 7) is 1.85. The molecule has 1 unspecified atom stereocenters. The van der Waals surface area contributed by atoms with Gasteiger partial charge in [0, 0.05) is 19.1 Å². The summed E-state index contributed by atoms with van der Waals surface area (Å²) in [7, 11) is 2.23. The Morgan fingerprint density at radius 1 is 1.10 bits per heavy atom. The summed E-state index contributed by atoms with van der Waals surface area (Å²) >= 11 is 0. The van der Waals surface area contributed by atoms with Crippen molar-refractivity contribution >= 4 is 10.8 Å². The van der Waals surface area contributed by atoms with Crippen LogP contribution in [0.1, 0.15) is 37.3 Å². The molecule has 0 amide bonds. The van der Waals surface area contributed by atoms with E-state index in [0.29, 0.717) is 12.6 Å². The van der Waals surface area contributed by atoms with E-state index in [9.17, 15) is 0 Å². The lowest BCUT2D eigenvalue weighted by Gasteiger charge is -2.30. The van der Waals surface area contributed by atoms with Crippen molar-refractivity contribution < 1.29 is 0 Å². The molecule has 21 heavy (non-hydrogen) atoms. The first-order valence-corrected chi connectivity index (χ1v) is 8.17. The van der Waals surface area contributed by atoms with Gasteiger partial charge < -0.3 is 5.73 Å². The number of benzene rings is 2. The van der Waals surface area contributed by atoms with Gasteiger partial charge in [-0.2, -0.15) is 0 Å². The lowest BCUT2D eigenvalue weighted by Crippen LogP contribution is -2.33. The van der Waals surface area contributed by atoms with Gasteiger partial charge in [-0.25, -0.2) is 0 Å². The van der Waals surface area contributed by atoms with Crippen LogP contribution in [0.3, 0.4) is 0 Å². The van der Waals surface area contributed by atoms with E-state index in [-0.39, 0.29) is 0 Å². The molecule has 0 saturated heterocycles. The van der Waals surface area contributed by atoms with Gasteiger partial charge in [0.25, 0.3) is 0 Å². The van der Waals surface area contributed by atoms with Crippen LogP contribution in [0.15, 0.2) is 42.5 Å². The normalized spacial score (nSPS) is 17.7. The average molecular weight is 282 g/mol. The molecular formula is C19H26N2. The Balaban J connectivity index is 1.86. The largest absolute Gasteiger partial charge is 0.329 e. The summed E-state index contributed by atoms with van der Waals surface area (Å²) in [4.78, 5) is 2.47. The Kier molecular flexibility index (Phi) is 4.57. The zero-order chi connectivity index (χ0) is 14.7. The van der Waals surface area contributed by atoms with Gasteiger partial charge >= 0.3 is 0 Å². The van der Waals surface area contributed by atoms with Crippen LogP contribution in [0.4, 0.5) is 0 Å². The summed E-state index contributed by atoms with van der Waals surface area (Å²) < 4.78 is 0. The highest BCUT2D eigenvalue weighted by Crippen LogP contribution is 2.30. The second-order valence-electron chi connectivity index (χ2n) is 6.41. The average Bonchev–Trinajstić information content (AvgIpc) is 3.01. The number of fused-ring (bicyclic) bond motifs is 1. The lowest BCUT2D eigenvalue weighted by atomic mass is 9.97. The highest BCUT2D eigenvalue weighted by Gasteiger charge is 2.22. The standard InChI is InChI=1S/C19H26N2/c1-21(14-15-7-2-3-8-15)19(13-20)18-12-6-10-16-9-4-5-11-17(16)18/h4-6,9-12,15,19H,2-3,7-8,13-14,20H2,1H3. The highest BCUT2D eigenvalue weighted by molar-refractivity contribution is 5.86. The van der Waals surface area contributed by atoms with Crippen molar-refractivity contribution in [1.82, 2.24) is 4.90 Å². The summed E-state index contributed by atoms with van der Waals surface area (Å²) in [5.41, 5.74) is 7.50. The minimum Gasteiger partial charge on any atom is -0.329 e. The monoisotopic (exact) mass is 282 g/mol. The number of hydrogen-bond acceptors (Lipinski definition) is 2. The van der Waals surface area contributed by atoms with Gasteiger partial charge in [0.15, 0.2) is 0 Å². The van der Waals surface area contributed by atoms with Crippen molar-refractivity contribution in [3.63, 3.8) is 0 Å². The summed E-state index contributed by atoms with van der Waals surface area (Å²) in [6, 6.07) is 15.5. The molecule has 2 aromatic rings. The van der Waals surface area contributed by atoms with E-state index in [0.717, 1.165) is 5.92 Å². The van der Waals surface area contributed by atoms with Crippen molar-refractivity contribution in [2.24, 2.45) is 11.7 Å². The molecule has 1 saturated carbocycles. The molecule has 1 aliphatic rings. The molecule has 1 atom stereocenters. The molecular weight excluding hydrogens is 256 g/mol. The number of nitrogens with two attached hydrogens (primary N) is 1. The van der Waals surface area contributed by atoms with E-state index in [1.165, 1.54) is 48.6 Å². The molecule has 2 aromatic carbocycles. The summed E-state index contributed by atoms with van der Waals surface area (Å²) in [6.07, 6.45) is 5.58. The van der Waals surface area contributed by atoms with E-state index < -0.39 is 0 Å². The van der Waals surface area contributed by atoms with E-state index in [1.54, 1.807) is 0 Å². The first kappa shape index (κ1) is 14.6. The fourth-order valence-electron chi connectivity index (χ4n) is 3.81. The molecule has 0 radical (unpaired) electrons. The third-order valence-corrected chi connectivity index (χ3v) is 4.96. The lowest BCUT2D eigenvalue weighted by molar-refractivity contribution is 0.213. The third kappa shape index (κ3) is 3.12. The van der Waals surface area contributed by atoms with E-state index >= 15 is 0 Å². The first-order chi connectivity index (χ1) is 10.3. The topological polar surface area (TPSA) is 29.3 Å². The molecule has 2 N–H and O–H groups in total. The van der Waals surface area contributed by atoms with Crippen molar-refractivity contribution in [2.45, 2.75) is 31.7 Å². The second-order valence-corrected chi connectivity index (χ2v) is 6.41. The minimum absolute atomic E-state index is 0.316. The first-order valence-electron chi connectivity index (χ1n) is 8.17. The number of nitrogens with zero attached hydrogens (tertiary/aromatic N) is 1. The van der Waals surface area contributed by atoms with Gasteiger partial charge in [-0.1, -0.05) is 55.3 Å². The van der Waals surface area contributed by atoms with E-state index in [1.807, 2.05) is 0 Å². The predicted molar refractivity (Wildman–Crippen MR) is 90.3 cm³/mol. The van der Waals surface area contributed by atoms with Crippen LogP contribution in [-0.2, 0) is 0 Å². The maximum Gasteiger partial charge on any atom is 0.0473 e. The van der Waals surface area contributed by atoms with Gasteiger partial charge in [0.1, 0.15) is 0 Å². The van der Waals surface area contributed by atoms with Crippen LogP contribution in [0.5, 0.6) is 0 Å². The van der Waals surface area contributed by atoms with Crippen molar-refractivity contribution in [3.05, 3.63) is 48.0 Å². The van der Waals surface area contributed by atoms with Crippen molar-refractivity contribution in [2.75, 3.05) is 20.1 Å². The fourth-order valence-corrected chi connectivity index (χ4v) is 3.81. The molecule has 2 nitrogen and oxygen atoms in total. The maximum atomic E-state index is 6.13. The van der Waals surface area contributed by atoms with E-state index in [4.69, 9.17) is 5.73 Å². The van der Waals surface area contributed by atoms with Crippen LogP contribution in [0.2, 0.25) is 0 Å². The van der Waals surface area contributed by atoms with E-state index in [2.05, 4.69) is 54.4 Å². The summed E-state index contributed by atoms with van der Waals surface area (Å²) in [5.74, 6) is 0.860. The van der Waals surface area contributed by atoms with Crippen LogP contribution in [-0.4, -0.2) is 25.0 Å². The maximum absolute atomic E-state index is 6.13. The smallest absolute Gasteiger partial charge is 0.0473 e.